The van der Waals surface area contributed by atoms with E-state index in [9.17, 15) is 0 Å². The minimum absolute atomic E-state index is 0.0146. The second-order valence-corrected chi connectivity index (χ2v) is 14.3. The lowest BCUT2D eigenvalue weighted by Gasteiger charge is -2.30. The second kappa shape index (κ2) is 11.7. The molecule has 0 saturated carbocycles. The summed E-state index contributed by atoms with van der Waals surface area (Å²) < 4.78 is 6.42. The van der Waals surface area contributed by atoms with Crippen LogP contribution in [0.25, 0.3) is 49.0 Å². The lowest BCUT2D eigenvalue weighted by atomic mass is 9.77. The van der Waals surface area contributed by atoms with E-state index in [1.165, 1.54) is 60.1 Å². The van der Waals surface area contributed by atoms with Gasteiger partial charge in [0.1, 0.15) is 11.9 Å². The van der Waals surface area contributed by atoms with Crippen molar-refractivity contribution >= 4 is 55.0 Å². The van der Waals surface area contributed by atoms with Gasteiger partial charge in [0.25, 0.3) is 0 Å². The van der Waals surface area contributed by atoms with Gasteiger partial charge in [0.05, 0.1) is 0 Å². The van der Waals surface area contributed by atoms with E-state index in [1.807, 2.05) is 0 Å². The molecule has 0 radical (unpaired) electrons. The number of hydrogen-bond donors (Lipinski definition) is 0. The monoisotopic (exact) mass is 655 g/mol. The van der Waals surface area contributed by atoms with Crippen LogP contribution in [0.4, 0.5) is 17.1 Å². The van der Waals surface area contributed by atoms with E-state index in [-0.39, 0.29) is 11.5 Å². The summed E-state index contributed by atoms with van der Waals surface area (Å²) in [7, 11) is 0. The number of benzene rings is 7. The third-order valence-electron chi connectivity index (χ3n) is 11.1. The van der Waals surface area contributed by atoms with Gasteiger partial charge in [0.15, 0.2) is 0 Å². The Balaban J connectivity index is 1.15. The minimum atomic E-state index is -0.0146. The highest BCUT2D eigenvalue weighted by Gasteiger charge is 2.31. The highest BCUT2D eigenvalue weighted by molar-refractivity contribution is 6.17. The van der Waals surface area contributed by atoms with Crippen molar-refractivity contribution in [2.45, 2.75) is 31.3 Å². The van der Waals surface area contributed by atoms with Crippen LogP contribution in [-0.2, 0) is 5.41 Å². The largest absolute Gasteiger partial charge is 0.485 e. The van der Waals surface area contributed by atoms with Gasteiger partial charge in [-0.1, -0.05) is 140 Å². The Bertz CT molecular complexity index is 2640. The number of allylic oxidation sites excluding steroid dienone is 6. The lowest BCUT2D eigenvalue weighted by molar-refractivity contribution is 0.279. The average molecular weight is 656 g/mol. The number of anilines is 3. The SMILES string of the molecule is CC1(c2ccc(N(c3cccc(-c4cccc5c4C4=CC=CCC4O5)c3)c3ccc4ccc5c6ccccc6ccc5c4c3)cc2)C=CC=CC1. The number of rotatable bonds is 5. The molecule has 2 unspecified atom stereocenters. The van der Waals surface area contributed by atoms with Gasteiger partial charge in [-0.2, -0.15) is 0 Å². The predicted molar refractivity (Wildman–Crippen MR) is 215 cm³/mol. The molecule has 244 valence electrons. The Morgan fingerprint density at radius 3 is 2.24 bits per heavy atom. The summed E-state index contributed by atoms with van der Waals surface area (Å²) in [5.74, 6) is 0.972. The van der Waals surface area contributed by atoms with Gasteiger partial charge >= 0.3 is 0 Å². The molecule has 51 heavy (non-hydrogen) atoms. The third kappa shape index (κ3) is 4.94. The number of nitrogens with zero attached hydrogens (tertiary/aromatic N) is 1. The van der Waals surface area contributed by atoms with Gasteiger partial charge in [0, 0.05) is 40.0 Å². The lowest BCUT2D eigenvalue weighted by Crippen LogP contribution is -2.19. The van der Waals surface area contributed by atoms with E-state index in [0.29, 0.717) is 0 Å². The molecule has 0 bridgehead atoms. The normalized spacial score (nSPS) is 18.8. The van der Waals surface area contributed by atoms with Crippen LogP contribution >= 0.6 is 0 Å². The molecular weight excluding hydrogens is 619 g/mol. The molecule has 0 saturated heterocycles. The molecule has 1 aliphatic heterocycles. The van der Waals surface area contributed by atoms with Crippen molar-refractivity contribution < 1.29 is 4.74 Å². The van der Waals surface area contributed by atoms with Crippen molar-refractivity contribution in [2.24, 2.45) is 0 Å². The van der Waals surface area contributed by atoms with Gasteiger partial charge in [-0.05, 0) is 97.9 Å². The first kappa shape index (κ1) is 29.8. The Morgan fingerprint density at radius 2 is 1.37 bits per heavy atom. The van der Waals surface area contributed by atoms with E-state index in [4.69, 9.17) is 4.74 Å². The highest BCUT2D eigenvalue weighted by Crippen LogP contribution is 2.47. The number of ether oxygens (including phenoxy) is 1. The van der Waals surface area contributed by atoms with Crippen LogP contribution in [0.2, 0.25) is 0 Å². The van der Waals surface area contributed by atoms with Crippen molar-refractivity contribution in [1.29, 1.82) is 0 Å². The van der Waals surface area contributed by atoms with Crippen molar-refractivity contribution in [3.8, 4) is 16.9 Å². The minimum Gasteiger partial charge on any atom is -0.485 e. The van der Waals surface area contributed by atoms with E-state index >= 15 is 0 Å². The summed E-state index contributed by atoms with van der Waals surface area (Å²) in [6, 6.07) is 49.3. The molecule has 0 spiro atoms. The zero-order chi connectivity index (χ0) is 33.9. The highest BCUT2D eigenvalue weighted by atomic mass is 16.5. The molecule has 2 nitrogen and oxygen atoms in total. The molecule has 0 amide bonds. The second-order valence-electron chi connectivity index (χ2n) is 14.3. The number of fused-ring (bicyclic) bond motifs is 8. The first-order valence-corrected chi connectivity index (χ1v) is 18.0. The van der Waals surface area contributed by atoms with Crippen molar-refractivity contribution in [3.05, 3.63) is 187 Å². The Kier molecular flexibility index (Phi) is 6.86. The first-order chi connectivity index (χ1) is 25.1. The molecular formula is C49H37NO. The topological polar surface area (TPSA) is 12.5 Å². The Hall–Kier alpha value is -6.12. The first-order valence-electron chi connectivity index (χ1n) is 18.0. The van der Waals surface area contributed by atoms with Gasteiger partial charge in [-0.3, -0.25) is 0 Å². The summed E-state index contributed by atoms with van der Waals surface area (Å²) in [6.45, 7) is 2.32. The van der Waals surface area contributed by atoms with E-state index in [1.54, 1.807) is 0 Å². The zero-order valence-electron chi connectivity index (χ0n) is 28.6. The molecule has 2 heteroatoms. The summed E-state index contributed by atoms with van der Waals surface area (Å²) in [5, 5.41) is 7.59. The molecule has 0 aromatic heterocycles. The third-order valence-corrected chi connectivity index (χ3v) is 11.1. The molecule has 0 fully saturated rings. The van der Waals surface area contributed by atoms with Crippen LogP contribution in [0.5, 0.6) is 5.75 Å². The van der Waals surface area contributed by atoms with Gasteiger partial charge in [0.2, 0.25) is 0 Å². The van der Waals surface area contributed by atoms with E-state index in [2.05, 4.69) is 188 Å². The molecule has 3 aliphatic rings. The molecule has 7 aromatic carbocycles. The maximum absolute atomic E-state index is 6.42. The predicted octanol–water partition coefficient (Wildman–Crippen LogP) is 13.2. The van der Waals surface area contributed by atoms with Crippen molar-refractivity contribution in [3.63, 3.8) is 0 Å². The maximum Gasteiger partial charge on any atom is 0.128 e. The quantitative estimate of drug-likeness (QED) is 0.171. The zero-order valence-corrected chi connectivity index (χ0v) is 28.6. The van der Waals surface area contributed by atoms with Crippen LogP contribution in [0, 0.1) is 0 Å². The summed E-state index contributed by atoms with van der Waals surface area (Å²) in [4.78, 5) is 2.41. The van der Waals surface area contributed by atoms with Crippen LogP contribution in [0.1, 0.15) is 30.9 Å². The standard InChI is InChI=1S/C49H37NO/c1-49(29-7-2-8-30-49)36-22-25-37(26-23-36)50(39-24-19-34-21-27-42-40-14-4-3-11-33(40)20-28-43(42)45(34)32-39)38-13-9-12-35(31-38)41-16-10-18-47-48(41)44-15-5-6-17-46(44)51-47/h2-16,18-29,31-32,46H,17,30H2,1H3. The van der Waals surface area contributed by atoms with Crippen LogP contribution < -0.4 is 9.64 Å². The summed E-state index contributed by atoms with van der Waals surface area (Å²) >= 11 is 0. The molecule has 2 aliphatic carbocycles. The van der Waals surface area contributed by atoms with E-state index in [0.717, 1.165) is 35.7 Å². The number of hydrogen-bond acceptors (Lipinski definition) is 2. The molecule has 0 N–H and O–H groups in total. The van der Waals surface area contributed by atoms with Gasteiger partial charge in [-0.25, -0.2) is 0 Å². The van der Waals surface area contributed by atoms with Crippen LogP contribution in [0.15, 0.2) is 176 Å². The summed E-state index contributed by atoms with van der Waals surface area (Å²) in [6.07, 6.45) is 17.5. The molecule has 1 heterocycles. The van der Waals surface area contributed by atoms with Crippen LogP contribution in [0.3, 0.4) is 0 Å². The van der Waals surface area contributed by atoms with Crippen molar-refractivity contribution in [2.75, 3.05) is 4.90 Å². The molecule has 7 aromatic rings. The Labute approximate surface area is 298 Å². The fourth-order valence-electron chi connectivity index (χ4n) is 8.42. The Morgan fingerprint density at radius 1 is 0.608 bits per heavy atom. The van der Waals surface area contributed by atoms with Crippen LogP contribution in [-0.4, -0.2) is 6.10 Å². The fourth-order valence-corrected chi connectivity index (χ4v) is 8.42. The molecule has 2 atom stereocenters. The van der Waals surface area contributed by atoms with Gasteiger partial charge in [-0.15, -0.1) is 0 Å². The molecule has 10 rings (SSSR count). The smallest absolute Gasteiger partial charge is 0.128 e. The van der Waals surface area contributed by atoms with Gasteiger partial charge < -0.3 is 9.64 Å². The van der Waals surface area contributed by atoms with Crippen molar-refractivity contribution in [1.82, 2.24) is 0 Å². The maximum atomic E-state index is 6.42. The van der Waals surface area contributed by atoms with E-state index < -0.39 is 0 Å². The fraction of sp³-hybridized carbons (Fsp3) is 0.102. The average Bonchev–Trinajstić information content (AvgIpc) is 3.57. The summed E-state index contributed by atoms with van der Waals surface area (Å²) in [5.41, 5.74) is 9.54.